The van der Waals surface area contributed by atoms with E-state index < -0.39 is 11.2 Å². The van der Waals surface area contributed by atoms with Crippen molar-refractivity contribution in [1.29, 1.82) is 0 Å². The fourth-order valence-electron chi connectivity index (χ4n) is 1.48. The maximum Gasteiger partial charge on any atom is 0.317 e. The van der Waals surface area contributed by atoms with Gasteiger partial charge in [-0.05, 0) is 41.1 Å². The second-order valence-corrected chi connectivity index (χ2v) is 6.44. The molecule has 0 aliphatic carbocycles. The number of halogens is 2. The van der Waals surface area contributed by atoms with E-state index in [1.54, 1.807) is 6.07 Å². The Hall–Kier alpha value is -0.470. The molecule has 1 heterocycles. The Bertz CT molecular complexity index is 563. The molecule has 18 heavy (non-hydrogen) atoms. The second kappa shape index (κ2) is 5.66. The van der Waals surface area contributed by atoms with Crippen molar-refractivity contribution in [3.8, 4) is 0 Å². The first-order chi connectivity index (χ1) is 8.51. The second-order valence-electron chi connectivity index (χ2n) is 3.68. The Morgan fingerprint density at radius 2 is 2.39 bits per heavy atom. The van der Waals surface area contributed by atoms with Crippen molar-refractivity contribution < 1.29 is 9.90 Å². The van der Waals surface area contributed by atoms with Crippen molar-refractivity contribution in [2.75, 3.05) is 0 Å². The van der Waals surface area contributed by atoms with E-state index in [1.807, 2.05) is 13.0 Å². The van der Waals surface area contributed by atoms with Crippen LogP contribution in [0.3, 0.4) is 0 Å². The van der Waals surface area contributed by atoms with Crippen molar-refractivity contribution in [1.82, 2.24) is 9.97 Å². The van der Waals surface area contributed by atoms with Crippen LogP contribution >= 0.6 is 46.0 Å². The van der Waals surface area contributed by atoms with Gasteiger partial charge in [-0.2, -0.15) is 0 Å². The summed E-state index contributed by atoms with van der Waals surface area (Å²) in [6.07, 6.45) is 0.551. The van der Waals surface area contributed by atoms with Crippen LogP contribution in [-0.2, 0) is 4.79 Å². The molecule has 1 aromatic carbocycles. The molecule has 1 unspecified atom stereocenters. The minimum atomic E-state index is -0.824. The predicted molar refractivity (Wildman–Crippen MR) is 81.4 cm³/mol. The molecule has 0 radical (unpaired) electrons. The summed E-state index contributed by atoms with van der Waals surface area (Å²) in [6.45, 7) is 1.84. The highest BCUT2D eigenvalue weighted by molar-refractivity contribution is 14.1. The molecule has 2 N–H and O–H groups in total. The van der Waals surface area contributed by atoms with Gasteiger partial charge in [0, 0.05) is 3.57 Å². The van der Waals surface area contributed by atoms with E-state index in [9.17, 15) is 4.79 Å². The lowest BCUT2D eigenvalue weighted by Crippen LogP contribution is -2.14. The van der Waals surface area contributed by atoms with Crippen LogP contribution in [0.25, 0.3) is 11.0 Å². The van der Waals surface area contributed by atoms with Gasteiger partial charge in [-0.25, -0.2) is 4.98 Å². The van der Waals surface area contributed by atoms with E-state index in [0.717, 1.165) is 14.6 Å². The Morgan fingerprint density at radius 3 is 3.00 bits per heavy atom. The molecule has 0 fully saturated rings. The number of hydrogen-bond acceptors (Lipinski definition) is 3. The van der Waals surface area contributed by atoms with Crippen LogP contribution in [-0.4, -0.2) is 26.3 Å². The van der Waals surface area contributed by atoms with E-state index in [-0.39, 0.29) is 0 Å². The summed E-state index contributed by atoms with van der Waals surface area (Å²) in [6, 6.07) is 3.68. The zero-order valence-corrected chi connectivity index (χ0v) is 13.1. The van der Waals surface area contributed by atoms with Gasteiger partial charge in [-0.1, -0.05) is 30.3 Å². The summed E-state index contributed by atoms with van der Waals surface area (Å²) in [5, 5.41) is 9.80. The molecular formula is C11H10ClIN2O2S. The van der Waals surface area contributed by atoms with E-state index in [4.69, 9.17) is 16.7 Å². The summed E-state index contributed by atoms with van der Waals surface area (Å²) >= 11 is 9.39. The van der Waals surface area contributed by atoms with Gasteiger partial charge in [-0.15, -0.1) is 0 Å². The van der Waals surface area contributed by atoms with Gasteiger partial charge in [0.05, 0.1) is 16.1 Å². The van der Waals surface area contributed by atoms with E-state index in [1.165, 1.54) is 11.8 Å². The molecule has 0 saturated heterocycles. The first-order valence-electron chi connectivity index (χ1n) is 5.25. The quantitative estimate of drug-likeness (QED) is 0.610. The lowest BCUT2D eigenvalue weighted by atomic mass is 10.3. The molecule has 2 rings (SSSR count). The lowest BCUT2D eigenvalue weighted by molar-refractivity contribution is -0.136. The largest absolute Gasteiger partial charge is 0.480 e. The van der Waals surface area contributed by atoms with Crippen molar-refractivity contribution in [2.24, 2.45) is 0 Å². The third-order valence-electron chi connectivity index (χ3n) is 2.40. The fourth-order valence-corrected chi connectivity index (χ4v) is 2.95. The van der Waals surface area contributed by atoms with Crippen LogP contribution < -0.4 is 0 Å². The molecule has 0 bridgehead atoms. The van der Waals surface area contributed by atoms with Crippen LogP contribution in [0.1, 0.15) is 13.3 Å². The Morgan fingerprint density at radius 1 is 1.67 bits per heavy atom. The van der Waals surface area contributed by atoms with Gasteiger partial charge < -0.3 is 10.1 Å². The molecule has 0 amide bonds. The van der Waals surface area contributed by atoms with Gasteiger partial charge in [0.15, 0.2) is 5.16 Å². The average molecular weight is 397 g/mol. The minimum Gasteiger partial charge on any atom is -0.480 e. The number of carboxylic acids is 1. The van der Waals surface area contributed by atoms with Crippen molar-refractivity contribution in [3.63, 3.8) is 0 Å². The van der Waals surface area contributed by atoms with Gasteiger partial charge in [0.1, 0.15) is 5.25 Å². The number of carboxylic acid groups (broad SMARTS) is 1. The molecule has 1 aromatic heterocycles. The third kappa shape index (κ3) is 2.92. The molecule has 0 spiro atoms. The van der Waals surface area contributed by atoms with Gasteiger partial charge in [-0.3, -0.25) is 4.79 Å². The number of fused-ring (bicyclic) bond motifs is 1. The van der Waals surface area contributed by atoms with Gasteiger partial charge in [0.2, 0.25) is 0 Å². The van der Waals surface area contributed by atoms with Crippen LogP contribution in [0.15, 0.2) is 17.3 Å². The Labute approximate surface area is 127 Å². The summed E-state index contributed by atoms with van der Waals surface area (Å²) < 4.78 is 0.926. The number of nitrogens with zero attached hydrogens (tertiary/aromatic N) is 1. The Balaban J connectivity index is 2.33. The van der Waals surface area contributed by atoms with Crippen LogP contribution in [0.5, 0.6) is 0 Å². The van der Waals surface area contributed by atoms with Crippen LogP contribution in [0.2, 0.25) is 5.02 Å². The monoisotopic (exact) mass is 396 g/mol. The first kappa shape index (κ1) is 14.0. The minimum absolute atomic E-state index is 0.486. The molecule has 1 atom stereocenters. The number of aromatic amines is 1. The molecule has 0 saturated carbocycles. The van der Waals surface area contributed by atoms with E-state index in [2.05, 4.69) is 32.6 Å². The number of carbonyl (C=O) groups is 1. The lowest BCUT2D eigenvalue weighted by Gasteiger charge is -2.05. The smallest absolute Gasteiger partial charge is 0.317 e. The maximum absolute atomic E-state index is 11.0. The van der Waals surface area contributed by atoms with E-state index >= 15 is 0 Å². The number of nitrogens with one attached hydrogen (secondary N) is 1. The number of aliphatic carboxylic acids is 1. The topological polar surface area (TPSA) is 66.0 Å². The summed E-state index contributed by atoms with van der Waals surface area (Å²) in [7, 11) is 0. The first-order valence-corrected chi connectivity index (χ1v) is 7.59. The highest BCUT2D eigenvalue weighted by atomic mass is 127. The number of aromatic nitrogens is 2. The summed E-state index contributed by atoms with van der Waals surface area (Å²) in [4.78, 5) is 18.4. The number of hydrogen-bond donors (Lipinski definition) is 2. The third-order valence-corrected chi connectivity index (χ3v) is 5.16. The number of thioether (sulfide) groups is 1. The highest BCUT2D eigenvalue weighted by Crippen LogP contribution is 2.28. The molecule has 96 valence electrons. The number of rotatable bonds is 4. The van der Waals surface area contributed by atoms with Crippen LogP contribution in [0.4, 0.5) is 0 Å². The molecular weight excluding hydrogens is 387 g/mol. The summed E-state index contributed by atoms with van der Waals surface area (Å²) in [5.74, 6) is -0.824. The SMILES string of the molecule is CCC(Sc1nc2cc(I)c(Cl)cc2[nH]1)C(=O)O. The standard InChI is InChI=1S/C11H10ClIN2O2S/c1-2-9(10(16)17)18-11-14-7-3-5(12)6(13)4-8(7)15-11/h3-4,9H,2H2,1H3,(H,14,15)(H,16,17). The molecule has 4 nitrogen and oxygen atoms in total. The zero-order valence-electron chi connectivity index (χ0n) is 9.41. The molecule has 2 aromatic rings. The number of imidazole rings is 1. The van der Waals surface area contributed by atoms with Crippen LogP contribution in [0, 0.1) is 3.57 Å². The van der Waals surface area contributed by atoms with Crippen molar-refractivity contribution in [2.45, 2.75) is 23.8 Å². The van der Waals surface area contributed by atoms with Gasteiger partial charge in [0.25, 0.3) is 0 Å². The average Bonchev–Trinajstić information content (AvgIpc) is 2.68. The van der Waals surface area contributed by atoms with E-state index in [0.29, 0.717) is 16.6 Å². The van der Waals surface area contributed by atoms with Crippen molar-refractivity contribution in [3.05, 3.63) is 20.7 Å². The van der Waals surface area contributed by atoms with Gasteiger partial charge >= 0.3 is 5.97 Å². The molecule has 0 aliphatic rings. The van der Waals surface area contributed by atoms with Crippen molar-refractivity contribution >= 4 is 63.0 Å². The Kier molecular flexibility index (Phi) is 4.39. The normalized spacial score (nSPS) is 12.8. The molecule has 0 aliphatic heterocycles. The highest BCUT2D eigenvalue weighted by Gasteiger charge is 2.18. The fraction of sp³-hybridized carbons (Fsp3) is 0.273. The number of benzene rings is 1. The number of H-pyrrole nitrogens is 1. The predicted octanol–water partition coefficient (Wildman–Crippen LogP) is 3.78. The summed E-state index contributed by atoms with van der Waals surface area (Å²) in [5.41, 5.74) is 1.62. The molecule has 7 heteroatoms. The zero-order chi connectivity index (χ0) is 13.3. The maximum atomic E-state index is 11.0.